The highest BCUT2D eigenvalue weighted by molar-refractivity contribution is 5.40. The lowest BCUT2D eigenvalue weighted by Gasteiger charge is -2.21. The van der Waals surface area contributed by atoms with Gasteiger partial charge < -0.3 is 15.9 Å². The third-order valence-corrected chi connectivity index (χ3v) is 4.73. The van der Waals surface area contributed by atoms with Gasteiger partial charge in [-0.3, -0.25) is 0 Å². The molecule has 2 rings (SSSR count). The number of aromatic hydroxyl groups is 2. The average molecular weight is 327 g/mol. The van der Waals surface area contributed by atoms with Gasteiger partial charge in [-0.25, -0.2) is 0 Å². The molecular formula is C21H29NO2. The first-order chi connectivity index (χ1) is 11.4. The lowest BCUT2D eigenvalue weighted by molar-refractivity contribution is 0.401. The Bertz CT molecular complexity index is 682. The molecule has 0 radical (unpaired) electrons. The van der Waals surface area contributed by atoms with Gasteiger partial charge in [-0.2, -0.15) is 0 Å². The number of nitrogens with two attached hydrogens (primary N) is 1. The summed E-state index contributed by atoms with van der Waals surface area (Å²) in [6, 6.07) is 11.7. The normalized spacial score (nSPS) is 13.7. The van der Waals surface area contributed by atoms with E-state index in [-0.39, 0.29) is 17.5 Å². The first kappa shape index (κ1) is 18.3. The quantitative estimate of drug-likeness (QED) is 0.671. The molecule has 0 fully saturated rings. The Morgan fingerprint density at radius 3 is 2.25 bits per heavy atom. The highest BCUT2D eigenvalue weighted by Gasteiger charge is 2.15. The minimum absolute atomic E-state index is 0.00423. The molecule has 2 atom stereocenters. The van der Waals surface area contributed by atoms with Crippen molar-refractivity contribution in [3.05, 3.63) is 58.7 Å². The monoisotopic (exact) mass is 327 g/mol. The molecule has 0 amide bonds. The molecule has 0 aliphatic carbocycles. The summed E-state index contributed by atoms with van der Waals surface area (Å²) >= 11 is 0. The van der Waals surface area contributed by atoms with E-state index >= 15 is 0 Å². The Hall–Kier alpha value is -2.00. The number of rotatable bonds is 7. The average Bonchev–Trinajstić information content (AvgIpc) is 2.53. The first-order valence-electron chi connectivity index (χ1n) is 8.75. The van der Waals surface area contributed by atoms with Gasteiger partial charge in [0.1, 0.15) is 0 Å². The van der Waals surface area contributed by atoms with Crippen molar-refractivity contribution in [3.8, 4) is 11.5 Å². The van der Waals surface area contributed by atoms with E-state index in [9.17, 15) is 10.2 Å². The molecule has 4 N–H and O–H groups in total. The second kappa shape index (κ2) is 8.20. The molecule has 0 saturated carbocycles. The van der Waals surface area contributed by atoms with E-state index in [0.29, 0.717) is 12.3 Å². The van der Waals surface area contributed by atoms with Crippen molar-refractivity contribution in [1.29, 1.82) is 0 Å². The molecule has 0 bridgehead atoms. The van der Waals surface area contributed by atoms with Crippen LogP contribution in [0.5, 0.6) is 11.5 Å². The van der Waals surface area contributed by atoms with Crippen molar-refractivity contribution in [2.45, 2.75) is 52.5 Å². The van der Waals surface area contributed by atoms with Crippen LogP contribution in [0, 0.1) is 12.8 Å². The first-order valence-corrected chi connectivity index (χ1v) is 8.75. The minimum Gasteiger partial charge on any atom is -0.504 e. The van der Waals surface area contributed by atoms with Crippen LogP contribution in [0.4, 0.5) is 0 Å². The fraction of sp³-hybridized carbons (Fsp3) is 0.429. The lowest BCUT2D eigenvalue weighted by Crippen LogP contribution is -2.31. The second-order valence-corrected chi connectivity index (χ2v) is 6.88. The highest BCUT2D eigenvalue weighted by Crippen LogP contribution is 2.26. The molecule has 3 heteroatoms. The van der Waals surface area contributed by atoms with Gasteiger partial charge in [0.25, 0.3) is 0 Å². The maximum absolute atomic E-state index is 9.60. The number of phenols is 2. The Labute approximate surface area is 145 Å². The molecule has 2 unspecified atom stereocenters. The minimum atomic E-state index is -0.0944. The summed E-state index contributed by atoms with van der Waals surface area (Å²) in [5.41, 5.74) is 11.4. The topological polar surface area (TPSA) is 66.5 Å². The molecule has 3 nitrogen and oxygen atoms in total. The van der Waals surface area contributed by atoms with E-state index in [1.165, 1.54) is 29.2 Å². The summed E-state index contributed by atoms with van der Waals surface area (Å²) in [7, 11) is 0. The van der Waals surface area contributed by atoms with Crippen molar-refractivity contribution in [2.75, 3.05) is 0 Å². The number of benzene rings is 2. The van der Waals surface area contributed by atoms with E-state index in [1.54, 1.807) is 6.07 Å². The zero-order chi connectivity index (χ0) is 17.7. The number of hydrogen-bond donors (Lipinski definition) is 3. The second-order valence-electron chi connectivity index (χ2n) is 6.88. The Balaban J connectivity index is 1.99. The molecule has 2 aromatic rings. The van der Waals surface area contributed by atoms with E-state index < -0.39 is 0 Å². The van der Waals surface area contributed by atoms with E-state index in [1.807, 2.05) is 6.07 Å². The van der Waals surface area contributed by atoms with Gasteiger partial charge in [-0.15, -0.1) is 0 Å². The van der Waals surface area contributed by atoms with Crippen LogP contribution in [-0.2, 0) is 19.3 Å². The fourth-order valence-electron chi connectivity index (χ4n) is 3.13. The summed E-state index contributed by atoms with van der Waals surface area (Å²) < 4.78 is 0. The van der Waals surface area contributed by atoms with Crippen molar-refractivity contribution in [1.82, 2.24) is 0 Å². The number of aryl methyl sites for hydroxylation is 2. The van der Waals surface area contributed by atoms with Crippen LogP contribution in [0.1, 0.15) is 42.5 Å². The van der Waals surface area contributed by atoms with Gasteiger partial charge in [0.05, 0.1) is 0 Å². The lowest BCUT2D eigenvalue weighted by atomic mass is 9.89. The zero-order valence-electron chi connectivity index (χ0n) is 14.9. The predicted molar refractivity (Wildman–Crippen MR) is 99.5 cm³/mol. The zero-order valence-corrected chi connectivity index (χ0v) is 14.9. The molecule has 0 heterocycles. The molecule has 0 aromatic heterocycles. The molecule has 2 aromatic carbocycles. The van der Waals surface area contributed by atoms with Crippen molar-refractivity contribution >= 4 is 0 Å². The largest absolute Gasteiger partial charge is 0.504 e. The molecule has 24 heavy (non-hydrogen) atoms. The van der Waals surface area contributed by atoms with E-state index in [2.05, 4.69) is 39.0 Å². The van der Waals surface area contributed by atoms with Crippen LogP contribution in [0.25, 0.3) is 0 Å². The van der Waals surface area contributed by atoms with Crippen LogP contribution in [0.15, 0.2) is 36.4 Å². The molecule has 0 saturated heterocycles. The number of hydrogen-bond acceptors (Lipinski definition) is 3. The Morgan fingerprint density at radius 1 is 0.958 bits per heavy atom. The van der Waals surface area contributed by atoms with Crippen LogP contribution in [-0.4, -0.2) is 16.3 Å². The van der Waals surface area contributed by atoms with Crippen molar-refractivity contribution in [2.24, 2.45) is 11.7 Å². The molecule has 0 aliphatic rings. The third kappa shape index (κ3) is 4.75. The molecule has 130 valence electrons. The molecular weight excluding hydrogens is 298 g/mol. The van der Waals surface area contributed by atoms with Crippen LogP contribution in [0.3, 0.4) is 0 Å². The van der Waals surface area contributed by atoms with Crippen molar-refractivity contribution in [3.63, 3.8) is 0 Å². The smallest absolute Gasteiger partial charge is 0.157 e. The maximum Gasteiger partial charge on any atom is 0.157 e. The molecule has 0 aliphatic heterocycles. The van der Waals surface area contributed by atoms with E-state index in [0.717, 1.165) is 18.4 Å². The Morgan fingerprint density at radius 2 is 1.62 bits per heavy atom. The van der Waals surface area contributed by atoms with Gasteiger partial charge in [0.2, 0.25) is 0 Å². The van der Waals surface area contributed by atoms with Gasteiger partial charge in [0.15, 0.2) is 11.5 Å². The molecule has 0 spiro atoms. The highest BCUT2D eigenvalue weighted by atomic mass is 16.3. The third-order valence-electron chi connectivity index (χ3n) is 4.73. The SMILES string of the molecule is CCCc1ccc(CC(C)C(N)Cc2ccc(O)c(O)c2)cc1C. The standard InChI is InChI=1S/C21H29NO2/c1-4-5-18-8-6-16(10-14(18)2)11-15(3)19(22)12-17-7-9-20(23)21(24)13-17/h6-10,13,15,19,23-24H,4-5,11-12,22H2,1-3H3. The van der Waals surface area contributed by atoms with Crippen LogP contribution < -0.4 is 5.73 Å². The Kier molecular flexibility index (Phi) is 6.27. The maximum atomic E-state index is 9.60. The van der Waals surface area contributed by atoms with Crippen LogP contribution in [0.2, 0.25) is 0 Å². The van der Waals surface area contributed by atoms with E-state index in [4.69, 9.17) is 5.73 Å². The summed E-state index contributed by atoms with van der Waals surface area (Å²) in [5, 5.41) is 19.0. The number of phenolic OH excluding ortho intramolecular Hbond substituents is 2. The predicted octanol–water partition coefficient (Wildman–Crippen LogP) is 4.11. The van der Waals surface area contributed by atoms with Crippen LogP contribution >= 0.6 is 0 Å². The van der Waals surface area contributed by atoms with Gasteiger partial charge in [-0.05, 0) is 66.5 Å². The summed E-state index contributed by atoms with van der Waals surface area (Å²) in [5.74, 6) is 0.148. The van der Waals surface area contributed by atoms with Gasteiger partial charge >= 0.3 is 0 Å². The fourth-order valence-corrected chi connectivity index (χ4v) is 3.13. The van der Waals surface area contributed by atoms with Gasteiger partial charge in [-0.1, -0.05) is 44.5 Å². The summed E-state index contributed by atoms with van der Waals surface area (Å²) in [6.45, 7) is 6.55. The summed E-state index contributed by atoms with van der Waals surface area (Å²) in [4.78, 5) is 0. The van der Waals surface area contributed by atoms with Crippen molar-refractivity contribution < 1.29 is 10.2 Å². The van der Waals surface area contributed by atoms with Gasteiger partial charge in [0, 0.05) is 6.04 Å². The summed E-state index contributed by atoms with van der Waals surface area (Å²) in [6.07, 6.45) is 3.92.